The maximum absolute atomic E-state index is 11.2. The van der Waals surface area contributed by atoms with Crippen LogP contribution in [0.4, 0.5) is 4.79 Å². The molecule has 3 N–H and O–H groups in total. The topological polar surface area (TPSA) is 74.2 Å². The molecule has 0 fully saturated rings. The number of nitrogens with zero attached hydrogens (tertiary/aromatic N) is 1. The first-order valence-electron chi connectivity index (χ1n) is 5.20. The Kier molecular flexibility index (Phi) is 4.72. The first-order valence-corrected chi connectivity index (χ1v) is 5.20. The molecule has 1 atom stereocenters. The Morgan fingerprint density at radius 2 is 2.25 bits per heavy atom. The van der Waals surface area contributed by atoms with E-state index in [2.05, 4.69) is 15.6 Å². The molecule has 2 amide bonds. The highest BCUT2D eigenvalue weighted by molar-refractivity contribution is 5.73. The molecule has 0 aliphatic carbocycles. The third-order valence-corrected chi connectivity index (χ3v) is 1.93. The van der Waals surface area contributed by atoms with E-state index in [0.29, 0.717) is 6.54 Å². The Bertz CT molecular complexity index is 353. The summed E-state index contributed by atoms with van der Waals surface area (Å²) in [4.78, 5) is 15.5. The lowest BCUT2D eigenvalue weighted by Crippen LogP contribution is -2.38. The fourth-order valence-electron chi connectivity index (χ4n) is 1.17. The van der Waals surface area contributed by atoms with Crippen LogP contribution in [-0.2, 0) is 6.54 Å². The van der Waals surface area contributed by atoms with E-state index in [9.17, 15) is 4.79 Å². The lowest BCUT2D eigenvalue weighted by atomic mass is 10.3. The highest BCUT2D eigenvalue weighted by atomic mass is 16.3. The SMILES string of the molecule is Cc1cccc(CNC(=O)NC[C@@H](C)O)n1. The number of hydrogen-bond donors (Lipinski definition) is 3. The minimum Gasteiger partial charge on any atom is -0.392 e. The average molecular weight is 223 g/mol. The molecular weight excluding hydrogens is 206 g/mol. The van der Waals surface area contributed by atoms with Crippen LogP contribution in [0.25, 0.3) is 0 Å². The van der Waals surface area contributed by atoms with Gasteiger partial charge in [-0.2, -0.15) is 0 Å². The standard InChI is InChI=1S/C11H17N3O2/c1-8-4-3-5-10(14-8)7-13-11(16)12-6-9(2)15/h3-5,9,15H,6-7H2,1-2H3,(H2,12,13,16)/t9-/m1/s1. The summed E-state index contributed by atoms with van der Waals surface area (Å²) < 4.78 is 0. The third kappa shape index (κ3) is 4.75. The van der Waals surface area contributed by atoms with E-state index in [0.717, 1.165) is 11.4 Å². The molecular formula is C11H17N3O2. The van der Waals surface area contributed by atoms with Crippen molar-refractivity contribution in [3.63, 3.8) is 0 Å². The van der Waals surface area contributed by atoms with E-state index in [1.807, 2.05) is 25.1 Å². The molecule has 88 valence electrons. The van der Waals surface area contributed by atoms with Gasteiger partial charge in [0.15, 0.2) is 0 Å². The molecule has 0 spiro atoms. The number of aliphatic hydroxyl groups excluding tert-OH is 1. The Hall–Kier alpha value is -1.62. The molecule has 0 aromatic carbocycles. The summed E-state index contributed by atoms with van der Waals surface area (Å²) in [6.07, 6.45) is -0.539. The molecule has 1 rings (SSSR count). The number of aliphatic hydroxyl groups is 1. The molecule has 5 nitrogen and oxygen atoms in total. The lowest BCUT2D eigenvalue weighted by Gasteiger charge is -2.08. The summed E-state index contributed by atoms with van der Waals surface area (Å²) in [7, 11) is 0. The Morgan fingerprint density at radius 3 is 2.88 bits per heavy atom. The molecule has 0 radical (unpaired) electrons. The van der Waals surface area contributed by atoms with Gasteiger partial charge in [0.25, 0.3) is 0 Å². The van der Waals surface area contributed by atoms with Crippen LogP contribution < -0.4 is 10.6 Å². The van der Waals surface area contributed by atoms with E-state index in [1.165, 1.54) is 0 Å². The fraction of sp³-hybridized carbons (Fsp3) is 0.455. The number of rotatable bonds is 4. The van der Waals surface area contributed by atoms with Crippen molar-refractivity contribution in [3.05, 3.63) is 29.6 Å². The smallest absolute Gasteiger partial charge is 0.315 e. The zero-order valence-electron chi connectivity index (χ0n) is 9.53. The summed E-state index contributed by atoms with van der Waals surface area (Å²) in [5.41, 5.74) is 1.73. The van der Waals surface area contributed by atoms with Gasteiger partial charge in [-0.05, 0) is 26.0 Å². The number of carbonyl (C=O) groups is 1. The zero-order chi connectivity index (χ0) is 12.0. The molecule has 0 saturated carbocycles. The number of hydrogen-bond acceptors (Lipinski definition) is 3. The Balaban J connectivity index is 2.31. The van der Waals surface area contributed by atoms with Crippen molar-refractivity contribution in [1.29, 1.82) is 0 Å². The number of aromatic nitrogens is 1. The van der Waals surface area contributed by atoms with E-state index in [1.54, 1.807) is 6.92 Å². The van der Waals surface area contributed by atoms with Crippen molar-refractivity contribution < 1.29 is 9.90 Å². The van der Waals surface area contributed by atoms with Crippen LogP contribution in [0, 0.1) is 6.92 Å². The molecule has 0 aliphatic rings. The quantitative estimate of drug-likeness (QED) is 0.698. The van der Waals surface area contributed by atoms with Crippen LogP contribution in [-0.4, -0.2) is 28.8 Å². The summed E-state index contributed by atoms with van der Waals surface area (Å²) in [6.45, 7) is 4.14. The molecule has 0 bridgehead atoms. The Labute approximate surface area is 94.9 Å². The van der Waals surface area contributed by atoms with E-state index in [4.69, 9.17) is 5.11 Å². The molecule has 5 heteroatoms. The first-order chi connectivity index (χ1) is 7.58. The number of pyridine rings is 1. The van der Waals surface area contributed by atoms with Crippen LogP contribution in [0.1, 0.15) is 18.3 Å². The van der Waals surface area contributed by atoms with Gasteiger partial charge in [-0.3, -0.25) is 4.98 Å². The van der Waals surface area contributed by atoms with Gasteiger partial charge in [0.1, 0.15) is 0 Å². The number of urea groups is 1. The number of aryl methyl sites for hydroxylation is 1. The predicted molar refractivity (Wildman–Crippen MR) is 60.9 cm³/mol. The van der Waals surface area contributed by atoms with E-state index in [-0.39, 0.29) is 12.6 Å². The maximum Gasteiger partial charge on any atom is 0.315 e. The summed E-state index contributed by atoms with van der Waals surface area (Å²) >= 11 is 0. The van der Waals surface area contributed by atoms with Gasteiger partial charge in [0.05, 0.1) is 18.3 Å². The van der Waals surface area contributed by atoms with Gasteiger partial charge in [-0.1, -0.05) is 6.07 Å². The van der Waals surface area contributed by atoms with Gasteiger partial charge < -0.3 is 15.7 Å². The van der Waals surface area contributed by atoms with Crippen LogP contribution in [0.2, 0.25) is 0 Å². The van der Waals surface area contributed by atoms with Gasteiger partial charge in [-0.25, -0.2) is 4.79 Å². The van der Waals surface area contributed by atoms with Crippen LogP contribution in [0.3, 0.4) is 0 Å². The number of amides is 2. The third-order valence-electron chi connectivity index (χ3n) is 1.93. The molecule has 0 saturated heterocycles. The monoisotopic (exact) mass is 223 g/mol. The second-order valence-corrected chi connectivity index (χ2v) is 3.68. The van der Waals surface area contributed by atoms with Crippen molar-refractivity contribution in [2.45, 2.75) is 26.5 Å². The number of carbonyl (C=O) groups excluding carboxylic acids is 1. The van der Waals surface area contributed by atoms with Crippen LogP contribution in [0.15, 0.2) is 18.2 Å². The second kappa shape index (κ2) is 6.07. The minimum absolute atomic E-state index is 0.243. The highest BCUT2D eigenvalue weighted by Crippen LogP contribution is 1.96. The average Bonchev–Trinajstić information content (AvgIpc) is 2.23. The summed E-state index contributed by atoms with van der Waals surface area (Å²) in [5, 5.41) is 14.2. The van der Waals surface area contributed by atoms with Crippen molar-refractivity contribution in [3.8, 4) is 0 Å². The van der Waals surface area contributed by atoms with Gasteiger partial charge >= 0.3 is 6.03 Å². The predicted octanol–water partition coefficient (Wildman–Crippen LogP) is 0.570. The van der Waals surface area contributed by atoms with Crippen molar-refractivity contribution in [2.75, 3.05) is 6.54 Å². The second-order valence-electron chi connectivity index (χ2n) is 3.68. The first kappa shape index (κ1) is 12.4. The largest absolute Gasteiger partial charge is 0.392 e. The van der Waals surface area contributed by atoms with Crippen molar-refractivity contribution in [1.82, 2.24) is 15.6 Å². The zero-order valence-corrected chi connectivity index (χ0v) is 9.53. The molecule has 1 heterocycles. The van der Waals surface area contributed by atoms with Crippen LogP contribution in [0.5, 0.6) is 0 Å². The molecule has 1 aromatic heterocycles. The normalized spacial score (nSPS) is 11.9. The van der Waals surface area contributed by atoms with E-state index < -0.39 is 6.10 Å². The van der Waals surface area contributed by atoms with Gasteiger partial charge in [0.2, 0.25) is 0 Å². The highest BCUT2D eigenvalue weighted by Gasteiger charge is 2.02. The maximum atomic E-state index is 11.2. The Morgan fingerprint density at radius 1 is 1.50 bits per heavy atom. The minimum atomic E-state index is -0.539. The summed E-state index contributed by atoms with van der Waals surface area (Å²) in [6, 6.07) is 5.34. The molecule has 16 heavy (non-hydrogen) atoms. The molecule has 0 aliphatic heterocycles. The lowest BCUT2D eigenvalue weighted by molar-refractivity contribution is 0.187. The van der Waals surface area contributed by atoms with Crippen molar-refractivity contribution >= 4 is 6.03 Å². The fourth-order valence-corrected chi connectivity index (χ4v) is 1.17. The van der Waals surface area contributed by atoms with E-state index >= 15 is 0 Å². The van der Waals surface area contributed by atoms with Crippen LogP contribution >= 0.6 is 0 Å². The van der Waals surface area contributed by atoms with Gasteiger partial charge in [0, 0.05) is 12.2 Å². The number of nitrogens with one attached hydrogen (secondary N) is 2. The summed E-state index contributed by atoms with van der Waals surface area (Å²) in [5.74, 6) is 0. The molecule has 1 aromatic rings. The van der Waals surface area contributed by atoms with Crippen molar-refractivity contribution in [2.24, 2.45) is 0 Å². The molecule has 0 unspecified atom stereocenters. The van der Waals surface area contributed by atoms with Gasteiger partial charge in [-0.15, -0.1) is 0 Å².